The summed E-state index contributed by atoms with van der Waals surface area (Å²) in [5.74, 6) is 0. The highest BCUT2D eigenvalue weighted by Gasteiger charge is 2.54. The highest BCUT2D eigenvalue weighted by Crippen LogP contribution is 2.65. The zero-order valence-electron chi connectivity index (χ0n) is 30.8. The van der Waals surface area contributed by atoms with Gasteiger partial charge in [0.25, 0.3) is 0 Å². The van der Waals surface area contributed by atoms with Crippen molar-refractivity contribution in [1.82, 2.24) is 4.57 Å². The minimum Gasteiger partial charge on any atom is -0.310 e. The van der Waals surface area contributed by atoms with E-state index >= 15 is 0 Å². The number of rotatable bonds is 4. The lowest BCUT2D eigenvalue weighted by Gasteiger charge is -2.33. The van der Waals surface area contributed by atoms with Crippen molar-refractivity contribution >= 4 is 50.0 Å². The first kappa shape index (κ1) is 30.4. The Labute approximate surface area is 326 Å². The van der Waals surface area contributed by atoms with Gasteiger partial charge in [-0.05, 0) is 147 Å². The second-order valence-corrected chi connectivity index (χ2v) is 15.9. The lowest BCUT2D eigenvalue weighted by molar-refractivity contribution is 0.786. The fraction of sp³-hybridized carbons (Fsp3) is 0.0741. The van der Waals surface area contributed by atoms with Crippen molar-refractivity contribution in [1.29, 1.82) is 0 Å². The van der Waals surface area contributed by atoms with Gasteiger partial charge in [-0.15, -0.1) is 0 Å². The van der Waals surface area contributed by atoms with E-state index in [0.29, 0.717) is 0 Å². The van der Waals surface area contributed by atoms with Crippen LogP contribution in [0.3, 0.4) is 0 Å². The van der Waals surface area contributed by atoms with Crippen molar-refractivity contribution in [2.24, 2.45) is 0 Å². The molecule has 1 unspecified atom stereocenters. The van der Waals surface area contributed by atoms with Gasteiger partial charge in [-0.2, -0.15) is 0 Å². The van der Waals surface area contributed by atoms with Gasteiger partial charge in [0, 0.05) is 33.5 Å². The molecule has 1 aromatic heterocycles. The van der Waals surface area contributed by atoms with Gasteiger partial charge in [0.2, 0.25) is 0 Å². The number of nitrogens with zero attached hydrogens (tertiary/aromatic N) is 2. The normalized spacial score (nSPS) is 17.9. The lowest BCUT2D eigenvalue weighted by atomic mass is 9.69. The summed E-state index contributed by atoms with van der Waals surface area (Å²) in [6, 6.07) is 59.0. The standard InChI is InChI=1S/C54H36N2/c1-3-14-35(15-4-1)55(37-26-30-52-45(32-37)43-18-8-10-24-51(43)56(52)36-16-5-2-6-17-36)38-25-27-42-41-21-12-23-47(41)54(50(42)33-38)48-22-9-7-19-44(48)53-46-31-34-13-11-20-39(34)40(46)28-29-49(53)54/h1-19,22-30,32-33H,20-21,31H2. The Balaban J connectivity index is 1.05. The number of benzene rings is 7. The van der Waals surface area contributed by atoms with E-state index in [1.54, 1.807) is 0 Å². The fourth-order valence-corrected chi connectivity index (χ4v) is 11.2. The third-order valence-electron chi connectivity index (χ3n) is 13.3. The molecule has 0 saturated heterocycles. The smallest absolute Gasteiger partial charge is 0.0723 e. The summed E-state index contributed by atoms with van der Waals surface area (Å²) in [5, 5.41) is 2.50. The summed E-state index contributed by atoms with van der Waals surface area (Å²) in [5.41, 5.74) is 24.1. The molecular formula is C54H36N2. The topological polar surface area (TPSA) is 8.17 Å². The Bertz CT molecular complexity index is 3150. The van der Waals surface area contributed by atoms with Crippen molar-refractivity contribution in [2.75, 3.05) is 4.90 Å². The quantitative estimate of drug-likeness (QED) is 0.176. The first-order valence-corrected chi connectivity index (χ1v) is 19.9. The van der Waals surface area contributed by atoms with Crippen LogP contribution in [0.15, 0.2) is 193 Å². The average molecular weight is 713 g/mol. The molecule has 2 heteroatoms. The van der Waals surface area contributed by atoms with Crippen LogP contribution in [0.4, 0.5) is 17.1 Å². The largest absolute Gasteiger partial charge is 0.310 e. The summed E-state index contributed by atoms with van der Waals surface area (Å²) in [6.45, 7) is 0. The molecule has 0 N–H and O–H groups in total. The first-order valence-electron chi connectivity index (χ1n) is 19.9. The van der Waals surface area contributed by atoms with Gasteiger partial charge < -0.3 is 9.47 Å². The predicted octanol–water partition coefficient (Wildman–Crippen LogP) is 13.6. The maximum atomic E-state index is 2.53. The zero-order valence-corrected chi connectivity index (χ0v) is 30.8. The third-order valence-corrected chi connectivity index (χ3v) is 13.3. The Morgan fingerprint density at radius 1 is 0.482 bits per heavy atom. The summed E-state index contributed by atoms with van der Waals surface area (Å²) in [6.07, 6.45) is 12.6. The molecule has 5 aliphatic carbocycles. The van der Waals surface area contributed by atoms with E-state index < -0.39 is 0 Å². The molecule has 0 radical (unpaired) electrons. The van der Waals surface area contributed by atoms with E-state index in [9.17, 15) is 0 Å². The maximum Gasteiger partial charge on any atom is 0.0723 e. The third kappa shape index (κ3) is 3.81. The van der Waals surface area contributed by atoms with Gasteiger partial charge in [-0.3, -0.25) is 0 Å². The van der Waals surface area contributed by atoms with E-state index in [1.807, 2.05) is 0 Å². The van der Waals surface area contributed by atoms with E-state index in [-0.39, 0.29) is 5.41 Å². The molecule has 1 spiro atoms. The van der Waals surface area contributed by atoms with E-state index in [0.717, 1.165) is 30.6 Å². The lowest BCUT2D eigenvalue weighted by Crippen LogP contribution is -2.27. The molecule has 0 aliphatic heterocycles. The molecule has 7 aromatic carbocycles. The Morgan fingerprint density at radius 2 is 1.20 bits per heavy atom. The molecule has 262 valence electrons. The summed E-state index contributed by atoms with van der Waals surface area (Å²) in [7, 11) is 0. The van der Waals surface area contributed by atoms with Crippen LogP contribution >= 0.6 is 0 Å². The Kier molecular flexibility index (Phi) is 6.02. The van der Waals surface area contributed by atoms with Crippen LogP contribution in [-0.2, 0) is 11.8 Å². The minimum absolute atomic E-state index is 0.368. The summed E-state index contributed by atoms with van der Waals surface area (Å²) >= 11 is 0. The molecule has 0 fully saturated rings. The van der Waals surface area contributed by atoms with Gasteiger partial charge in [0.15, 0.2) is 0 Å². The number of fused-ring (bicyclic) bond motifs is 15. The number of para-hydroxylation sites is 3. The second-order valence-electron chi connectivity index (χ2n) is 15.9. The molecule has 8 aromatic rings. The molecule has 0 amide bonds. The van der Waals surface area contributed by atoms with Crippen LogP contribution in [0, 0.1) is 0 Å². The van der Waals surface area contributed by atoms with E-state index in [4.69, 9.17) is 0 Å². The van der Waals surface area contributed by atoms with Gasteiger partial charge in [-0.1, -0.05) is 121 Å². The highest BCUT2D eigenvalue weighted by atomic mass is 15.1. The first-order chi connectivity index (χ1) is 27.8. The van der Waals surface area contributed by atoms with Crippen LogP contribution in [-0.4, -0.2) is 4.57 Å². The number of hydrogen-bond donors (Lipinski definition) is 0. The molecular weight excluding hydrogens is 677 g/mol. The summed E-state index contributed by atoms with van der Waals surface area (Å²) < 4.78 is 2.40. The van der Waals surface area contributed by atoms with E-state index in [2.05, 4.69) is 191 Å². The van der Waals surface area contributed by atoms with Crippen molar-refractivity contribution in [3.63, 3.8) is 0 Å². The van der Waals surface area contributed by atoms with Crippen molar-refractivity contribution < 1.29 is 0 Å². The number of anilines is 3. The molecule has 13 rings (SSSR count). The predicted molar refractivity (Wildman–Crippen MR) is 232 cm³/mol. The fourth-order valence-electron chi connectivity index (χ4n) is 11.2. The highest BCUT2D eigenvalue weighted by molar-refractivity contribution is 6.11. The second kappa shape index (κ2) is 11.1. The molecule has 0 bridgehead atoms. The average Bonchev–Trinajstić information content (AvgIpc) is 4.10. The Morgan fingerprint density at radius 3 is 2.11 bits per heavy atom. The van der Waals surface area contributed by atoms with Crippen LogP contribution in [0.2, 0.25) is 0 Å². The molecule has 0 saturated carbocycles. The van der Waals surface area contributed by atoms with Crippen LogP contribution in [0.25, 0.3) is 49.8 Å². The maximum absolute atomic E-state index is 2.53. The number of allylic oxidation sites excluding steroid dienone is 8. The molecule has 56 heavy (non-hydrogen) atoms. The summed E-state index contributed by atoms with van der Waals surface area (Å²) in [4.78, 5) is 2.46. The minimum atomic E-state index is -0.368. The van der Waals surface area contributed by atoms with E-state index in [1.165, 1.54) is 100.0 Å². The molecule has 5 aliphatic rings. The van der Waals surface area contributed by atoms with Gasteiger partial charge >= 0.3 is 0 Å². The van der Waals surface area contributed by atoms with Crippen molar-refractivity contribution in [3.8, 4) is 16.8 Å². The molecule has 1 atom stereocenters. The van der Waals surface area contributed by atoms with Gasteiger partial charge in [0.1, 0.15) is 0 Å². The van der Waals surface area contributed by atoms with Crippen LogP contribution in [0.1, 0.15) is 46.2 Å². The van der Waals surface area contributed by atoms with Gasteiger partial charge in [0.05, 0.1) is 16.4 Å². The molecule has 2 nitrogen and oxygen atoms in total. The van der Waals surface area contributed by atoms with Crippen LogP contribution < -0.4 is 4.90 Å². The van der Waals surface area contributed by atoms with Crippen molar-refractivity contribution in [2.45, 2.75) is 24.7 Å². The van der Waals surface area contributed by atoms with Crippen molar-refractivity contribution in [3.05, 3.63) is 227 Å². The number of hydrogen-bond acceptors (Lipinski definition) is 1. The van der Waals surface area contributed by atoms with Crippen LogP contribution in [0.5, 0.6) is 0 Å². The number of aromatic nitrogens is 1. The monoisotopic (exact) mass is 712 g/mol. The van der Waals surface area contributed by atoms with Gasteiger partial charge in [-0.25, -0.2) is 0 Å². The Hall–Kier alpha value is -6.90. The zero-order chi connectivity index (χ0) is 36.5. The molecule has 1 heterocycles. The SMILES string of the molecule is C1=CC2=C(C1)c1ccc(N(c3ccccc3)c3ccc4c(c3)c3ccccc3n4-c3ccccc3)cc1C21c2ccccc2-c2c1ccc1c2CC2=C1CC=C2.